The Morgan fingerprint density at radius 1 is 0.711 bits per heavy atom. The number of esters is 4. The molecular formula is C28H45NO16. The number of aliphatic hydroxyl groups is 3. The van der Waals surface area contributed by atoms with E-state index in [9.17, 15) is 34.5 Å². The van der Waals surface area contributed by atoms with Crippen molar-refractivity contribution in [2.24, 2.45) is 17.6 Å². The Hall–Kier alpha value is -2.48. The molecule has 17 nitrogen and oxygen atoms in total. The summed E-state index contributed by atoms with van der Waals surface area (Å²) < 4.78 is 51.7. The van der Waals surface area contributed by atoms with Gasteiger partial charge in [0.25, 0.3) is 0 Å². The summed E-state index contributed by atoms with van der Waals surface area (Å²) >= 11 is 0. The van der Waals surface area contributed by atoms with Crippen LogP contribution in [0.1, 0.15) is 41.5 Å². The summed E-state index contributed by atoms with van der Waals surface area (Å²) in [6, 6.07) is -1.26. The normalized spacial score (nSPS) is 40.2. The number of hydrogen-bond donors (Lipinski definition) is 4. The second-order valence-corrected chi connectivity index (χ2v) is 11.4. The number of ether oxygens (including phenoxy) is 9. The van der Waals surface area contributed by atoms with E-state index in [0.717, 1.165) is 0 Å². The lowest BCUT2D eigenvalue weighted by molar-refractivity contribution is -0.352. The highest BCUT2D eigenvalue weighted by atomic mass is 16.7. The number of carbonyl (C=O) groups excluding carboxylic acids is 4. The lowest BCUT2D eigenvalue weighted by Crippen LogP contribution is -2.66. The zero-order chi connectivity index (χ0) is 33.6. The standard InChI is InChI=1S/C28H45NO16/c1-11-18(40-15(5)33)8-39-19(9-37-13(3)31)24(11)45-28-26(41-16(6)34)12(2)25(20(43-28)10-38-14(4)32)44-27-21(29)23(36)22(35)17(7-30)42-27/h11-12,17-28,30,35-36H,7-10,29H2,1-6H3/t11-,12+,17?,18?,19?,20?,21?,22-,23-,24+,25+,26?,27+,28-/m1/s1. The third-order valence-corrected chi connectivity index (χ3v) is 7.96. The van der Waals surface area contributed by atoms with Gasteiger partial charge in [0.2, 0.25) is 0 Å². The monoisotopic (exact) mass is 651 g/mol. The minimum absolute atomic E-state index is 0.00383. The Morgan fingerprint density at radius 2 is 1.24 bits per heavy atom. The van der Waals surface area contributed by atoms with Gasteiger partial charge in [-0.15, -0.1) is 0 Å². The molecule has 17 heteroatoms. The van der Waals surface area contributed by atoms with Crippen molar-refractivity contribution in [2.45, 2.75) is 115 Å². The maximum atomic E-state index is 12.3. The topological polar surface area (TPSA) is 238 Å². The van der Waals surface area contributed by atoms with Gasteiger partial charge in [0.1, 0.15) is 49.8 Å². The van der Waals surface area contributed by atoms with E-state index >= 15 is 0 Å². The van der Waals surface area contributed by atoms with Crippen LogP contribution in [-0.2, 0) is 61.8 Å². The number of carbonyl (C=O) groups is 4. The molecule has 0 aromatic heterocycles. The summed E-state index contributed by atoms with van der Waals surface area (Å²) in [4.78, 5) is 47.4. The molecule has 0 bridgehead atoms. The SMILES string of the molecule is CC(=O)OCC1OCC(OC(C)=O)[C@@H](C)[C@@H]1O[C@H]1OC(COC(C)=O)[C@@H](O[C@@H]2OC(CO)[C@@H](O)[C@H](O)C2N)[C@H](C)C1OC(C)=O. The molecule has 0 aromatic carbocycles. The molecule has 0 amide bonds. The molecule has 3 heterocycles. The molecule has 0 saturated carbocycles. The van der Waals surface area contributed by atoms with Crippen molar-refractivity contribution in [3.63, 3.8) is 0 Å². The van der Waals surface area contributed by atoms with E-state index in [1.165, 1.54) is 27.7 Å². The van der Waals surface area contributed by atoms with E-state index in [1.54, 1.807) is 13.8 Å². The summed E-state index contributed by atoms with van der Waals surface area (Å²) in [5.74, 6) is -3.70. The first-order chi connectivity index (χ1) is 21.1. The third kappa shape index (κ3) is 9.52. The first-order valence-corrected chi connectivity index (χ1v) is 14.7. The van der Waals surface area contributed by atoms with E-state index in [1.807, 2.05) is 0 Å². The van der Waals surface area contributed by atoms with Crippen LogP contribution in [-0.4, -0.2) is 139 Å². The summed E-state index contributed by atoms with van der Waals surface area (Å²) in [5.41, 5.74) is 6.09. The molecule has 3 saturated heterocycles. The van der Waals surface area contributed by atoms with Gasteiger partial charge >= 0.3 is 23.9 Å². The van der Waals surface area contributed by atoms with E-state index < -0.39 is 116 Å². The molecule has 5 N–H and O–H groups in total. The molecule has 6 unspecified atom stereocenters. The van der Waals surface area contributed by atoms with Crippen LogP contribution >= 0.6 is 0 Å². The highest BCUT2D eigenvalue weighted by molar-refractivity contribution is 5.67. The maximum absolute atomic E-state index is 12.3. The second-order valence-electron chi connectivity index (χ2n) is 11.4. The summed E-state index contributed by atoms with van der Waals surface area (Å²) in [7, 11) is 0. The van der Waals surface area contributed by atoms with Crippen molar-refractivity contribution in [3.8, 4) is 0 Å². The zero-order valence-electron chi connectivity index (χ0n) is 26.1. The molecule has 14 atom stereocenters. The number of hydrogen-bond acceptors (Lipinski definition) is 17. The van der Waals surface area contributed by atoms with Crippen LogP contribution in [0.4, 0.5) is 0 Å². The lowest BCUT2D eigenvalue weighted by Gasteiger charge is -2.49. The predicted octanol–water partition coefficient (Wildman–Crippen LogP) is -2.09. The average molecular weight is 652 g/mol. The lowest BCUT2D eigenvalue weighted by atomic mass is 9.88. The molecule has 3 rings (SSSR count). The highest BCUT2D eigenvalue weighted by Gasteiger charge is 2.53. The van der Waals surface area contributed by atoms with Crippen LogP contribution in [0.5, 0.6) is 0 Å². The summed E-state index contributed by atoms with van der Waals surface area (Å²) in [6.07, 6.45) is -12.7. The van der Waals surface area contributed by atoms with Gasteiger partial charge in [-0.3, -0.25) is 19.2 Å². The molecule has 3 fully saturated rings. The Bertz CT molecular complexity index is 1020. The Labute approximate surface area is 260 Å². The van der Waals surface area contributed by atoms with Crippen molar-refractivity contribution >= 4 is 23.9 Å². The van der Waals surface area contributed by atoms with Crippen LogP contribution in [0.15, 0.2) is 0 Å². The van der Waals surface area contributed by atoms with Crippen molar-refractivity contribution < 1.29 is 77.1 Å². The quantitative estimate of drug-likeness (QED) is 0.138. The van der Waals surface area contributed by atoms with E-state index in [4.69, 9.17) is 48.4 Å². The predicted molar refractivity (Wildman–Crippen MR) is 147 cm³/mol. The van der Waals surface area contributed by atoms with Crippen LogP contribution < -0.4 is 5.73 Å². The molecule has 258 valence electrons. The largest absolute Gasteiger partial charge is 0.463 e. The molecule has 0 aromatic rings. The fraction of sp³-hybridized carbons (Fsp3) is 0.857. The van der Waals surface area contributed by atoms with E-state index in [-0.39, 0.29) is 19.8 Å². The minimum Gasteiger partial charge on any atom is -0.463 e. The van der Waals surface area contributed by atoms with E-state index in [0.29, 0.717) is 0 Å². The van der Waals surface area contributed by atoms with Gasteiger partial charge in [-0.05, 0) is 0 Å². The minimum atomic E-state index is -1.51. The smallest absolute Gasteiger partial charge is 0.303 e. The molecule has 45 heavy (non-hydrogen) atoms. The fourth-order valence-electron chi connectivity index (χ4n) is 5.57. The molecule has 0 spiro atoms. The van der Waals surface area contributed by atoms with Gasteiger partial charge in [-0.2, -0.15) is 0 Å². The second kappa shape index (κ2) is 16.4. The van der Waals surface area contributed by atoms with Gasteiger partial charge in [-0.25, -0.2) is 0 Å². The number of nitrogens with two attached hydrogens (primary N) is 1. The Morgan fingerprint density at radius 3 is 1.80 bits per heavy atom. The van der Waals surface area contributed by atoms with Crippen LogP contribution in [0.3, 0.4) is 0 Å². The molecule has 3 aliphatic rings. The van der Waals surface area contributed by atoms with Gasteiger partial charge in [0.15, 0.2) is 18.7 Å². The van der Waals surface area contributed by atoms with Gasteiger partial charge in [0, 0.05) is 39.5 Å². The molecule has 0 radical (unpaired) electrons. The Balaban J connectivity index is 1.93. The van der Waals surface area contributed by atoms with Crippen LogP contribution in [0, 0.1) is 11.8 Å². The maximum Gasteiger partial charge on any atom is 0.303 e. The first-order valence-electron chi connectivity index (χ1n) is 14.7. The molecule has 3 aliphatic heterocycles. The van der Waals surface area contributed by atoms with Gasteiger partial charge < -0.3 is 63.7 Å². The number of aliphatic hydroxyl groups excluding tert-OH is 3. The first kappa shape index (κ1) is 37.0. The van der Waals surface area contributed by atoms with Gasteiger partial charge in [-0.1, -0.05) is 13.8 Å². The van der Waals surface area contributed by atoms with Crippen molar-refractivity contribution in [1.29, 1.82) is 0 Å². The molecular weight excluding hydrogens is 606 g/mol. The van der Waals surface area contributed by atoms with Crippen molar-refractivity contribution in [2.75, 3.05) is 26.4 Å². The number of rotatable bonds is 11. The van der Waals surface area contributed by atoms with Crippen molar-refractivity contribution in [1.82, 2.24) is 0 Å². The third-order valence-electron chi connectivity index (χ3n) is 7.96. The van der Waals surface area contributed by atoms with E-state index in [2.05, 4.69) is 0 Å². The Kier molecular flexibility index (Phi) is 13.5. The molecule has 0 aliphatic carbocycles. The average Bonchev–Trinajstić information content (AvgIpc) is 2.96. The highest BCUT2D eigenvalue weighted by Crippen LogP contribution is 2.37. The van der Waals surface area contributed by atoms with Crippen molar-refractivity contribution in [3.05, 3.63) is 0 Å². The summed E-state index contributed by atoms with van der Waals surface area (Å²) in [6.45, 7) is 7.07. The summed E-state index contributed by atoms with van der Waals surface area (Å²) in [5, 5.41) is 30.3. The van der Waals surface area contributed by atoms with Crippen LogP contribution in [0.2, 0.25) is 0 Å². The van der Waals surface area contributed by atoms with Gasteiger partial charge in [0.05, 0.1) is 31.5 Å². The fourth-order valence-corrected chi connectivity index (χ4v) is 5.57. The van der Waals surface area contributed by atoms with Crippen LogP contribution in [0.25, 0.3) is 0 Å². The zero-order valence-corrected chi connectivity index (χ0v) is 26.1.